The molecule has 0 N–H and O–H groups in total. The molecular weight excluding hydrogens is 358 g/mol. The lowest BCUT2D eigenvalue weighted by Crippen LogP contribution is -2.21. The summed E-state index contributed by atoms with van der Waals surface area (Å²) in [5.41, 5.74) is 1.83. The number of nitrogens with zero attached hydrogens (tertiary/aromatic N) is 3. The second kappa shape index (κ2) is 7.96. The van der Waals surface area contributed by atoms with E-state index in [-0.39, 0.29) is 5.56 Å². The molecule has 0 spiro atoms. The van der Waals surface area contributed by atoms with Gasteiger partial charge in [-0.3, -0.25) is 4.79 Å². The minimum atomic E-state index is -0.0915. The quantitative estimate of drug-likeness (QED) is 0.625. The van der Waals surface area contributed by atoms with E-state index in [1.807, 2.05) is 29.1 Å². The predicted molar refractivity (Wildman–Crippen MR) is 109 cm³/mol. The highest BCUT2D eigenvalue weighted by atomic mass is 16.5. The Balaban J connectivity index is 2.06. The van der Waals surface area contributed by atoms with E-state index in [4.69, 9.17) is 14.2 Å². The van der Waals surface area contributed by atoms with Crippen LogP contribution in [0.5, 0.6) is 17.2 Å². The number of ether oxygens (including phenoxy) is 3. The molecule has 0 atom stereocenters. The Labute approximate surface area is 164 Å². The fourth-order valence-corrected chi connectivity index (χ4v) is 3.43. The zero-order valence-corrected chi connectivity index (χ0v) is 17.3. The van der Waals surface area contributed by atoms with Gasteiger partial charge in [-0.2, -0.15) is 5.10 Å². The van der Waals surface area contributed by atoms with E-state index < -0.39 is 0 Å². The number of methoxy groups -OCH3 is 3. The first kappa shape index (κ1) is 19.8. The van der Waals surface area contributed by atoms with Crippen molar-refractivity contribution in [2.75, 3.05) is 21.3 Å². The first-order valence-corrected chi connectivity index (χ1v) is 9.22. The molecule has 0 saturated carbocycles. The van der Waals surface area contributed by atoms with E-state index >= 15 is 0 Å². The van der Waals surface area contributed by atoms with Crippen LogP contribution in [-0.4, -0.2) is 35.7 Å². The van der Waals surface area contributed by atoms with Crippen molar-refractivity contribution in [1.29, 1.82) is 0 Å². The van der Waals surface area contributed by atoms with E-state index in [0.717, 1.165) is 23.1 Å². The van der Waals surface area contributed by atoms with Crippen molar-refractivity contribution in [3.63, 3.8) is 0 Å². The van der Waals surface area contributed by atoms with Crippen molar-refractivity contribution in [1.82, 2.24) is 14.3 Å². The third kappa shape index (κ3) is 3.69. The third-order valence-electron chi connectivity index (χ3n) is 4.68. The molecule has 28 heavy (non-hydrogen) atoms. The first-order chi connectivity index (χ1) is 13.4. The average Bonchev–Trinajstić information content (AvgIpc) is 3.08. The highest BCUT2D eigenvalue weighted by Gasteiger charge is 2.16. The van der Waals surface area contributed by atoms with Crippen molar-refractivity contribution >= 4 is 10.8 Å². The molecule has 2 heterocycles. The van der Waals surface area contributed by atoms with Gasteiger partial charge in [0.05, 0.1) is 32.4 Å². The Bertz CT molecular complexity index is 1020. The molecular formula is C21H27N3O4. The smallest absolute Gasteiger partial charge is 0.275 e. The molecule has 1 aromatic carbocycles. The van der Waals surface area contributed by atoms with Crippen LogP contribution in [0.2, 0.25) is 0 Å². The maximum Gasteiger partial charge on any atom is 0.275 e. The Hall–Kier alpha value is -2.96. The van der Waals surface area contributed by atoms with Crippen molar-refractivity contribution in [3.8, 4) is 17.2 Å². The van der Waals surface area contributed by atoms with Gasteiger partial charge in [-0.25, -0.2) is 4.68 Å². The lowest BCUT2D eigenvalue weighted by molar-refractivity contribution is 0.323. The number of aryl methyl sites for hydroxylation is 1. The van der Waals surface area contributed by atoms with Gasteiger partial charge >= 0.3 is 0 Å². The number of fused-ring (bicyclic) bond motifs is 1. The maximum atomic E-state index is 12.5. The van der Waals surface area contributed by atoms with Crippen molar-refractivity contribution in [2.45, 2.75) is 26.8 Å². The fraction of sp³-hybridized carbons (Fsp3) is 0.429. The summed E-state index contributed by atoms with van der Waals surface area (Å²) in [6.45, 7) is 4.85. The molecule has 0 fully saturated rings. The molecule has 0 aliphatic heterocycles. The Morgan fingerprint density at radius 3 is 2.14 bits per heavy atom. The molecule has 3 rings (SSSR count). The molecule has 150 valence electrons. The fourth-order valence-electron chi connectivity index (χ4n) is 3.43. The summed E-state index contributed by atoms with van der Waals surface area (Å²) in [6, 6.07) is 3.83. The third-order valence-corrected chi connectivity index (χ3v) is 4.68. The summed E-state index contributed by atoms with van der Waals surface area (Å²) in [5, 5.41) is 6.06. The minimum Gasteiger partial charge on any atom is -0.493 e. The van der Waals surface area contributed by atoms with Crippen LogP contribution in [0.1, 0.15) is 25.1 Å². The molecule has 0 aliphatic rings. The van der Waals surface area contributed by atoms with Gasteiger partial charge in [-0.1, -0.05) is 13.8 Å². The van der Waals surface area contributed by atoms with Crippen molar-refractivity contribution < 1.29 is 14.2 Å². The topological polar surface area (TPSA) is 67.5 Å². The monoisotopic (exact) mass is 385 g/mol. The van der Waals surface area contributed by atoms with Crippen LogP contribution >= 0.6 is 0 Å². The summed E-state index contributed by atoms with van der Waals surface area (Å²) in [6.07, 6.45) is 4.69. The summed E-state index contributed by atoms with van der Waals surface area (Å²) in [7, 11) is 6.47. The normalized spacial score (nSPS) is 11.2. The first-order valence-electron chi connectivity index (χ1n) is 9.22. The lowest BCUT2D eigenvalue weighted by atomic mass is 10.1. The number of benzene rings is 1. The van der Waals surface area contributed by atoms with E-state index in [0.29, 0.717) is 35.1 Å². The van der Waals surface area contributed by atoms with Crippen LogP contribution in [0, 0.1) is 5.92 Å². The van der Waals surface area contributed by atoms with Gasteiger partial charge < -0.3 is 18.8 Å². The molecule has 3 aromatic rings. The lowest BCUT2D eigenvalue weighted by Gasteiger charge is -2.14. The number of hydrogen-bond acceptors (Lipinski definition) is 5. The molecule has 7 heteroatoms. The zero-order valence-electron chi connectivity index (χ0n) is 17.3. The van der Waals surface area contributed by atoms with Gasteiger partial charge in [0, 0.05) is 31.4 Å². The van der Waals surface area contributed by atoms with Gasteiger partial charge in [-0.15, -0.1) is 0 Å². The van der Waals surface area contributed by atoms with E-state index in [2.05, 4.69) is 18.9 Å². The summed E-state index contributed by atoms with van der Waals surface area (Å²) in [5.74, 6) is 2.22. The maximum absolute atomic E-state index is 12.5. The van der Waals surface area contributed by atoms with Crippen LogP contribution in [-0.2, 0) is 20.0 Å². The average molecular weight is 385 g/mol. The highest BCUT2D eigenvalue weighted by Crippen LogP contribution is 2.38. The van der Waals surface area contributed by atoms with Crippen molar-refractivity contribution in [3.05, 3.63) is 46.1 Å². The molecule has 0 radical (unpaired) electrons. The minimum absolute atomic E-state index is 0.0915. The van der Waals surface area contributed by atoms with Gasteiger partial charge in [0.25, 0.3) is 5.56 Å². The zero-order chi connectivity index (χ0) is 20.4. The molecule has 0 unspecified atom stereocenters. The summed E-state index contributed by atoms with van der Waals surface area (Å²) < 4.78 is 19.7. The molecule has 0 amide bonds. The van der Waals surface area contributed by atoms with Crippen molar-refractivity contribution in [2.24, 2.45) is 13.0 Å². The van der Waals surface area contributed by atoms with Crippen LogP contribution in [0.15, 0.2) is 29.3 Å². The van der Waals surface area contributed by atoms with Gasteiger partial charge in [0.2, 0.25) is 5.75 Å². The predicted octanol–water partition coefficient (Wildman–Crippen LogP) is 3.01. The number of hydrogen-bond donors (Lipinski definition) is 0. The van der Waals surface area contributed by atoms with Crippen LogP contribution < -0.4 is 19.8 Å². The summed E-state index contributed by atoms with van der Waals surface area (Å²) >= 11 is 0. The second-order valence-corrected chi connectivity index (χ2v) is 7.26. The summed E-state index contributed by atoms with van der Waals surface area (Å²) in [4.78, 5) is 12.5. The Morgan fingerprint density at radius 2 is 1.61 bits per heavy atom. The second-order valence-electron chi connectivity index (χ2n) is 7.26. The van der Waals surface area contributed by atoms with E-state index in [1.165, 1.54) is 4.68 Å². The van der Waals surface area contributed by atoms with Gasteiger partial charge in [0.15, 0.2) is 11.5 Å². The Kier molecular flexibility index (Phi) is 5.63. The number of aromatic nitrogens is 3. The standard InChI is InChI=1S/C21H27N3O4/c1-13(2)7-17-15-11-24(12-16(15)21(25)23(3)22-17)10-14-8-18(26-4)20(28-6)19(9-14)27-5/h8-9,11-13H,7,10H2,1-6H3. The highest BCUT2D eigenvalue weighted by molar-refractivity contribution is 5.83. The molecule has 0 aliphatic carbocycles. The van der Waals surface area contributed by atoms with E-state index in [1.54, 1.807) is 28.4 Å². The van der Waals surface area contributed by atoms with Crippen LogP contribution in [0.4, 0.5) is 0 Å². The molecule has 7 nitrogen and oxygen atoms in total. The SMILES string of the molecule is COc1cc(Cn2cc3c(CC(C)C)nn(C)c(=O)c3c2)cc(OC)c1OC. The van der Waals surface area contributed by atoms with Gasteiger partial charge in [-0.05, 0) is 30.0 Å². The number of rotatable bonds is 7. The van der Waals surface area contributed by atoms with Crippen LogP contribution in [0.25, 0.3) is 10.8 Å². The van der Waals surface area contributed by atoms with Gasteiger partial charge in [0.1, 0.15) is 0 Å². The molecule has 0 bridgehead atoms. The Morgan fingerprint density at radius 1 is 1.00 bits per heavy atom. The van der Waals surface area contributed by atoms with Crippen LogP contribution in [0.3, 0.4) is 0 Å². The molecule has 2 aromatic heterocycles. The molecule has 0 saturated heterocycles. The van der Waals surface area contributed by atoms with E-state index in [9.17, 15) is 4.79 Å². The largest absolute Gasteiger partial charge is 0.493 e.